The number of allylic oxidation sites excluding steroid dienone is 1. The Bertz CT molecular complexity index is 438. The first-order chi connectivity index (χ1) is 8.59. The van der Waals surface area contributed by atoms with Gasteiger partial charge in [0.1, 0.15) is 11.3 Å². The van der Waals surface area contributed by atoms with E-state index in [4.69, 9.17) is 0 Å². The molecule has 1 aliphatic rings. The van der Waals surface area contributed by atoms with Gasteiger partial charge in [-0.25, -0.2) is 5.06 Å². The van der Waals surface area contributed by atoms with E-state index in [1.54, 1.807) is 19.9 Å². The molecule has 1 aliphatic heterocycles. The predicted octanol–water partition coefficient (Wildman–Crippen LogP) is 2.83. The Morgan fingerprint density at radius 1 is 1.42 bits per heavy atom. The summed E-state index contributed by atoms with van der Waals surface area (Å²) in [6.45, 7) is 11.1. The van der Waals surface area contributed by atoms with Crippen LogP contribution >= 0.6 is 0 Å². The number of hydroxylamine groups is 2. The fraction of sp³-hybridized carbons (Fsp3) is 0.714. The van der Waals surface area contributed by atoms with Crippen LogP contribution in [0.4, 0.5) is 0 Å². The second-order valence-electron chi connectivity index (χ2n) is 6.36. The Morgan fingerprint density at radius 3 is 2.32 bits per heavy atom. The molecule has 0 spiro atoms. The van der Waals surface area contributed by atoms with E-state index < -0.39 is 16.9 Å². The van der Waals surface area contributed by atoms with Crippen molar-refractivity contribution in [3.8, 4) is 0 Å². The molecule has 2 N–H and O–H groups in total. The maximum Gasteiger partial charge on any atom is 0.258 e. The van der Waals surface area contributed by atoms with Gasteiger partial charge in [-0.1, -0.05) is 30.7 Å². The molecule has 2 unspecified atom stereocenters. The molecule has 5 nitrogen and oxygen atoms in total. The highest BCUT2D eigenvalue weighted by Crippen LogP contribution is 2.44. The average Bonchev–Trinajstić information content (AvgIpc) is 2.36. The molecule has 1 saturated heterocycles. The molecule has 1 amide bonds. The molecule has 1 rings (SSSR count). The molecule has 0 saturated carbocycles. The van der Waals surface area contributed by atoms with Crippen molar-refractivity contribution in [2.24, 2.45) is 16.5 Å². The summed E-state index contributed by atoms with van der Waals surface area (Å²) >= 11 is 0. The Balaban J connectivity index is 3.41. The van der Waals surface area contributed by atoms with Gasteiger partial charge in [0.25, 0.3) is 5.91 Å². The van der Waals surface area contributed by atoms with Gasteiger partial charge in [-0.15, -0.1) is 0 Å². The zero-order valence-electron chi connectivity index (χ0n) is 12.6. The van der Waals surface area contributed by atoms with Crippen LogP contribution in [-0.2, 0) is 4.79 Å². The molecule has 0 aromatic heterocycles. The van der Waals surface area contributed by atoms with Crippen molar-refractivity contribution in [3.63, 3.8) is 0 Å². The van der Waals surface area contributed by atoms with E-state index in [2.05, 4.69) is 5.16 Å². The summed E-state index contributed by atoms with van der Waals surface area (Å²) in [4.78, 5) is 12.4. The van der Waals surface area contributed by atoms with Crippen molar-refractivity contribution in [3.05, 3.63) is 11.6 Å². The van der Waals surface area contributed by atoms with Crippen molar-refractivity contribution in [2.75, 3.05) is 0 Å². The summed E-state index contributed by atoms with van der Waals surface area (Å²) in [5.74, 6) is -0.179. The maximum absolute atomic E-state index is 12.4. The van der Waals surface area contributed by atoms with Gasteiger partial charge in [0.05, 0.1) is 5.41 Å². The number of carbonyl (C=O) groups excluding carboxylic acids is 1. The van der Waals surface area contributed by atoms with Crippen LogP contribution in [0.2, 0.25) is 0 Å². The van der Waals surface area contributed by atoms with Crippen LogP contribution in [0.25, 0.3) is 0 Å². The third-order valence-corrected chi connectivity index (χ3v) is 3.59. The predicted molar refractivity (Wildman–Crippen MR) is 73.3 cm³/mol. The highest BCUT2D eigenvalue weighted by atomic mass is 16.5. The standard InChI is InChI=1S/C14H24N2O3/c1-9(2)7-13(5)11(15-18)14(6,8-10(3)4)16(19)12(13)17/h8-9,18-19H,7H2,1-6H3/b15-11-. The number of rotatable bonds is 3. The number of oxime groups is 1. The van der Waals surface area contributed by atoms with Crippen LogP contribution in [0.3, 0.4) is 0 Å². The van der Waals surface area contributed by atoms with Gasteiger partial charge < -0.3 is 5.21 Å². The third-order valence-electron chi connectivity index (χ3n) is 3.59. The molecule has 0 aromatic carbocycles. The SMILES string of the molecule is CC(C)=CC1(C)/C(=N\O)C(C)(CC(C)C)C(=O)N1O. The van der Waals surface area contributed by atoms with E-state index in [1.165, 1.54) is 0 Å². The lowest BCUT2D eigenvalue weighted by atomic mass is 9.74. The molecule has 1 fully saturated rings. The third kappa shape index (κ3) is 2.39. The fourth-order valence-electron chi connectivity index (χ4n) is 3.11. The Labute approximate surface area is 114 Å². The van der Waals surface area contributed by atoms with E-state index in [0.717, 1.165) is 5.57 Å². The topological polar surface area (TPSA) is 73.1 Å². The smallest absolute Gasteiger partial charge is 0.258 e. The van der Waals surface area contributed by atoms with Gasteiger partial charge in [-0.05, 0) is 40.0 Å². The number of hydrogen-bond donors (Lipinski definition) is 2. The van der Waals surface area contributed by atoms with Gasteiger partial charge in [-0.3, -0.25) is 10.0 Å². The van der Waals surface area contributed by atoms with Crippen molar-refractivity contribution in [1.29, 1.82) is 0 Å². The minimum Gasteiger partial charge on any atom is -0.411 e. The first-order valence-corrected chi connectivity index (χ1v) is 6.52. The van der Waals surface area contributed by atoms with Crippen LogP contribution in [0, 0.1) is 11.3 Å². The quantitative estimate of drug-likeness (QED) is 0.358. The number of amides is 1. The van der Waals surface area contributed by atoms with Crippen LogP contribution in [0.5, 0.6) is 0 Å². The molecule has 108 valence electrons. The zero-order chi connectivity index (χ0) is 15.0. The summed E-state index contributed by atoms with van der Waals surface area (Å²) < 4.78 is 0. The molecule has 0 aliphatic carbocycles. The minimum atomic E-state index is -1.09. The van der Waals surface area contributed by atoms with Gasteiger partial charge in [0.15, 0.2) is 0 Å². The normalized spacial score (nSPS) is 33.4. The monoisotopic (exact) mass is 268 g/mol. The number of hydrogen-bond acceptors (Lipinski definition) is 4. The van der Waals surface area contributed by atoms with Gasteiger partial charge in [-0.2, -0.15) is 0 Å². The van der Waals surface area contributed by atoms with E-state index in [9.17, 15) is 15.2 Å². The molecule has 1 heterocycles. The van der Waals surface area contributed by atoms with Gasteiger partial charge >= 0.3 is 0 Å². The molecule has 5 heteroatoms. The lowest BCUT2D eigenvalue weighted by molar-refractivity contribution is -0.175. The van der Waals surface area contributed by atoms with E-state index >= 15 is 0 Å². The van der Waals surface area contributed by atoms with Crippen molar-refractivity contribution >= 4 is 11.6 Å². The van der Waals surface area contributed by atoms with Crippen LogP contribution in [0.1, 0.15) is 48.0 Å². The first kappa shape index (κ1) is 15.7. The minimum absolute atomic E-state index is 0.244. The summed E-state index contributed by atoms with van der Waals surface area (Å²) in [6.07, 6.45) is 2.26. The summed E-state index contributed by atoms with van der Waals surface area (Å²) in [6, 6.07) is 0. The first-order valence-electron chi connectivity index (χ1n) is 6.52. The average molecular weight is 268 g/mol. The van der Waals surface area contributed by atoms with Gasteiger partial charge in [0, 0.05) is 0 Å². The highest BCUT2D eigenvalue weighted by Gasteiger charge is 2.60. The van der Waals surface area contributed by atoms with E-state index in [1.807, 2.05) is 27.7 Å². The molecule has 0 aromatic rings. The lowest BCUT2D eigenvalue weighted by Crippen LogP contribution is -2.44. The van der Waals surface area contributed by atoms with Crippen LogP contribution in [-0.4, -0.2) is 32.6 Å². The second-order valence-corrected chi connectivity index (χ2v) is 6.36. The Kier molecular flexibility index (Phi) is 4.10. The van der Waals surface area contributed by atoms with Crippen molar-refractivity contribution in [1.82, 2.24) is 5.06 Å². The van der Waals surface area contributed by atoms with Crippen LogP contribution in [0.15, 0.2) is 16.8 Å². The van der Waals surface area contributed by atoms with Crippen molar-refractivity contribution < 1.29 is 15.2 Å². The zero-order valence-corrected chi connectivity index (χ0v) is 12.6. The van der Waals surface area contributed by atoms with E-state index in [0.29, 0.717) is 17.2 Å². The fourth-order valence-corrected chi connectivity index (χ4v) is 3.11. The van der Waals surface area contributed by atoms with Crippen LogP contribution < -0.4 is 0 Å². The molecule has 2 atom stereocenters. The Hall–Kier alpha value is -1.36. The van der Waals surface area contributed by atoms with E-state index in [-0.39, 0.29) is 5.92 Å². The largest absolute Gasteiger partial charge is 0.411 e. The highest BCUT2D eigenvalue weighted by molar-refractivity contribution is 6.19. The molecule has 0 radical (unpaired) electrons. The lowest BCUT2D eigenvalue weighted by Gasteiger charge is -2.28. The molecule has 0 bridgehead atoms. The maximum atomic E-state index is 12.4. The second kappa shape index (κ2) is 4.96. The summed E-state index contributed by atoms with van der Waals surface area (Å²) in [7, 11) is 0. The number of nitrogens with zero attached hydrogens (tertiary/aromatic N) is 2. The van der Waals surface area contributed by atoms with Crippen molar-refractivity contribution in [2.45, 2.75) is 53.5 Å². The summed E-state index contributed by atoms with van der Waals surface area (Å²) in [5.41, 5.74) is -0.834. The number of carbonyl (C=O) groups is 1. The Morgan fingerprint density at radius 2 is 1.95 bits per heavy atom. The van der Waals surface area contributed by atoms with Gasteiger partial charge in [0.2, 0.25) is 0 Å². The molecular formula is C14H24N2O3. The summed E-state index contributed by atoms with van der Waals surface area (Å²) in [5, 5.41) is 23.6. The molecular weight excluding hydrogens is 244 g/mol. The molecule has 19 heavy (non-hydrogen) atoms.